The number of nitrogens with zero attached hydrogens (tertiary/aromatic N) is 1. The first kappa shape index (κ1) is 11.6. The van der Waals surface area contributed by atoms with Crippen molar-refractivity contribution in [2.45, 2.75) is 16.3 Å². The van der Waals surface area contributed by atoms with E-state index >= 15 is 0 Å². The fraction of sp³-hybridized carbons (Fsp3) is 0.286. The Balaban J connectivity index is 3.02. The lowest BCUT2D eigenvalue weighted by atomic mass is 10.2. The molecule has 0 saturated carbocycles. The van der Waals surface area contributed by atoms with Crippen LogP contribution in [0.5, 0.6) is 0 Å². The van der Waals surface area contributed by atoms with Crippen LogP contribution in [-0.4, -0.2) is 23.5 Å². The van der Waals surface area contributed by atoms with Crippen molar-refractivity contribution in [2.24, 2.45) is 5.14 Å². The van der Waals surface area contributed by atoms with E-state index in [9.17, 15) is 8.42 Å². The van der Waals surface area contributed by atoms with E-state index in [4.69, 9.17) is 10.2 Å². The van der Waals surface area contributed by atoms with Gasteiger partial charge >= 0.3 is 0 Å². The van der Waals surface area contributed by atoms with Gasteiger partial charge in [0.2, 0.25) is 10.0 Å². The first-order valence-electron chi connectivity index (χ1n) is 3.68. The van der Waals surface area contributed by atoms with Crippen molar-refractivity contribution in [2.75, 3.05) is 0 Å². The number of halogens is 1. The van der Waals surface area contributed by atoms with E-state index < -0.39 is 15.0 Å². The van der Waals surface area contributed by atoms with Gasteiger partial charge in [-0.1, -0.05) is 15.9 Å². The Morgan fingerprint density at radius 1 is 1.57 bits per heavy atom. The Labute approximate surface area is 90.1 Å². The first-order chi connectivity index (χ1) is 6.39. The van der Waals surface area contributed by atoms with Gasteiger partial charge < -0.3 is 5.11 Å². The number of hydrogen-bond acceptors (Lipinski definition) is 4. The van der Waals surface area contributed by atoms with Crippen LogP contribution >= 0.6 is 15.9 Å². The molecule has 1 aromatic heterocycles. The highest BCUT2D eigenvalue weighted by Crippen LogP contribution is 2.11. The third-order valence-corrected chi connectivity index (χ3v) is 2.71. The van der Waals surface area contributed by atoms with Gasteiger partial charge in [-0.3, -0.25) is 4.98 Å². The number of rotatable bonds is 3. The molecule has 3 N–H and O–H groups in total. The molecule has 0 aliphatic heterocycles. The molecule has 1 unspecified atom stereocenters. The van der Waals surface area contributed by atoms with Gasteiger partial charge in [-0.15, -0.1) is 0 Å². The molecular weight excluding hydrogens is 272 g/mol. The van der Waals surface area contributed by atoms with Gasteiger partial charge in [-0.2, -0.15) is 0 Å². The average molecular weight is 281 g/mol. The van der Waals surface area contributed by atoms with Crippen molar-refractivity contribution in [3.63, 3.8) is 0 Å². The molecule has 0 aliphatic carbocycles. The van der Waals surface area contributed by atoms with Crippen LogP contribution in [0.1, 0.15) is 5.56 Å². The van der Waals surface area contributed by atoms with E-state index in [1.165, 1.54) is 18.5 Å². The summed E-state index contributed by atoms with van der Waals surface area (Å²) >= 11 is 2.93. The normalized spacial score (nSPS) is 13.9. The summed E-state index contributed by atoms with van der Waals surface area (Å²) in [4.78, 5) is 3.66. The molecule has 0 amide bonds. The minimum atomic E-state index is -3.72. The first-order valence-corrected chi connectivity index (χ1v) is 6.14. The molecule has 1 atom stereocenters. The molecule has 0 spiro atoms. The molecule has 0 bridgehead atoms. The Morgan fingerprint density at radius 2 is 2.21 bits per heavy atom. The largest absolute Gasteiger partial charge is 0.382 e. The second kappa shape index (κ2) is 4.35. The van der Waals surface area contributed by atoms with Crippen molar-refractivity contribution < 1.29 is 13.5 Å². The summed E-state index contributed by atoms with van der Waals surface area (Å²) in [5.41, 5.74) is 0.598. The Hall–Kier alpha value is -0.500. The van der Waals surface area contributed by atoms with E-state index in [1.54, 1.807) is 0 Å². The van der Waals surface area contributed by atoms with Crippen LogP contribution in [0.2, 0.25) is 0 Å². The third kappa shape index (κ3) is 3.33. The van der Waals surface area contributed by atoms with Crippen molar-refractivity contribution in [1.82, 2.24) is 4.98 Å². The van der Waals surface area contributed by atoms with Crippen LogP contribution in [0.4, 0.5) is 0 Å². The molecule has 7 heteroatoms. The Bertz CT molecular complexity index is 419. The lowest BCUT2D eigenvalue weighted by molar-refractivity contribution is 0.271. The van der Waals surface area contributed by atoms with Crippen LogP contribution in [0, 0.1) is 0 Å². The van der Waals surface area contributed by atoms with E-state index in [1.807, 2.05) is 0 Å². The molecule has 1 rings (SSSR count). The molecule has 78 valence electrons. The van der Waals surface area contributed by atoms with Crippen LogP contribution in [0.15, 0.2) is 23.4 Å². The SMILES string of the molecule is NS(=O)(=O)c1cncc(CC(O)Br)c1. The summed E-state index contributed by atoms with van der Waals surface area (Å²) in [7, 11) is -3.72. The number of sulfonamides is 1. The summed E-state index contributed by atoms with van der Waals surface area (Å²) in [5, 5.41) is 13.2. The van der Waals surface area contributed by atoms with E-state index in [-0.39, 0.29) is 11.3 Å². The van der Waals surface area contributed by atoms with Crippen molar-refractivity contribution in [3.05, 3.63) is 24.0 Å². The minimum Gasteiger partial charge on any atom is -0.382 e. The number of aliphatic hydroxyl groups excluding tert-OH is 1. The molecule has 0 fully saturated rings. The fourth-order valence-electron chi connectivity index (χ4n) is 0.925. The minimum absolute atomic E-state index is 0.0526. The molecular formula is C7H9BrN2O3S. The highest BCUT2D eigenvalue weighted by molar-refractivity contribution is 9.09. The second-order valence-electron chi connectivity index (χ2n) is 2.71. The van der Waals surface area contributed by atoms with Crippen LogP contribution < -0.4 is 5.14 Å². The van der Waals surface area contributed by atoms with Gasteiger partial charge in [0.05, 0.1) is 0 Å². The summed E-state index contributed by atoms with van der Waals surface area (Å²) in [6.07, 6.45) is 2.91. The molecule has 1 heterocycles. The molecule has 1 aromatic rings. The zero-order chi connectivity index (χ0) is 10.8. The van der Waals surface area contributed by atoms with Gasteiger partial charge in [0, 0.05) is 18.8 Å². The van der Waals surface area contributed by atoms with Gasteiger partial charge in [0.15, 0.2) is 0 Å². The Morgan fingerprint density at radius 3 is 2.71 bits per heavy atom. The summed E-state index contributed by atoms with van der Waals surface area (Å²) in [6, 6.07) is 1.38. The van der Waals surface area contributed by atoms with Gasteiger partial charge in [0.1, 0.15) is 9.91 Å². The van der Waals surface area contributed by atoms with Gasteiger partial charge in [0.25, 0.3) is 0 Å². The smallest absolute Gasteiger partial charge is 0.239 e. The van der Waals surface area contributed by atoms with Gasteiger partial charge in [-0.05, 0) is 11.6 Å². The summed E-state index contributed by atoms with van der Waals surface area (Å²) in [6.45, 7) is 0. The lowest BCUT2D eigenvalue weighted by Crippen LogP contribution is -2.13. The monoisotopic (exact) mass is 280 g/mol. The second-order valence-corrected chi connectivity index (χ2v) is 5.33. The number of aliphatic hydroxyl groups is 1. The van der Waals surface area contributed by atoms with Crippen LogP contribution in [0.25, 0.3) is 0 Å². The molecule has 0 aromatic carbocycles. The molecule has 0 aliphatic rings. The van der Waals surface area contributed by atoms with Gasteiger partial charge in [-0.25, -0.2) is 13.6 Å². The highest BCUT2D eigenvalue weighted by Gasteiger charge is 2.09. The molecule has 0 radical (unpaired) electrons. The van der Waals surface area contributed by atoms with Crippen LogP contribution in [-0.2, 0) is 16.4 Å². The van der Waals surface area contributed by atoms with E-state index in [0.29, 0.717) is 5.56 Å². The van der Waals surface area contributed by atoms with Crippen molar-refractivity contribution >= 4 is 26.0 Å². The van der Waals surface area contributed by atoms with Crippen molar-refractivity contribution in [1.29, 1.82) is 0 Å². The quantitative estimate of drug-likeness (QED) is 0.762. The predicted octanol–water partition coefficient (Wildman–Crippen LogP) is -0.0152. The fourth-order valence-corrected chi connectivity index (χ4v) is 1.82. The number of pyridine rings is 1. The van der Waals surface area contributed by atoms with E-state index in [2.05, 4.69) is 20.9 Å². The number of primary sulfonamides is 1. The third-order valence-electron chi connectivity index (χ3n) is 1.50. The highest BCUT2D eigenvalue weighted by atomic mass is 79.9. The van der Waals surface area contributed by atoms with Crippen molar-refractivity contribution in [3.8, 4) is 0 Å². The topological polar surface area (TPSA) is 93.3 Å². The van der Waals surface area contributed by atoms with E-state index in [0.717, 1.165) is 0 Å². The number of aromatic nitrogens is 1. The maximum absolute atomic E-state index is 10.9. The maximum Gasteiger partial charge on any atom is 0.239 e. The average Bonchev–Trinajstić information content (AvgIpc) is 2.01. The molecule has 14 heavy (non-hydrogen) atoms. The number of nitrogens with two attached hydrogens (primary N) is 1. The zero-order valence-corrected chi connectivity index (χ0v) is 9.49. The zero-order valence-electron chi connectivity index (χ0n) is 7.09. The molecule has 5 nitrogen and oxygen atoms in total. The lowest BCUT2D eigenvalue weighted by Gasteiger charge is -2.03. The summed E-state index contributed by atoms with van der Waals surface area (Å²) in [5.74, 6) is 0. The number of alkyl halides is 1. The molecule has 0 saturated heterocycles. The predicted molar refractivity (Wildman–Crippen MR) is 54.2 cm³/mol. The standard InChI is InChI=1S/C7H9BrN2O3S/c8-7(11)2-5-1-6(4-10-3-5)14(9,12)13/h1,3-4,7,11H,2H2,(H2,9,12,13). The summed E-state index contributed by atoms with van der Waals surface area (Å²) < 4.78 is 21.9. The van der Waals surface area contributed by atoms with Crippen LogP contribution in [0.3, 0.4) is 0 Å². The number of hydrogen-bond donors (Lipinski definition) is 2. The maximum atomic E-state index is 10.9. The Kier molecular flexibility index (Phi) is 3.59.